The predicted molar refractivity (Wildman–Crippen MR) is 82.3 cm³/mol. The summed E-state index contributed by atoms with van der Waals surface area (Å²) in [7, 11) is -3.10. The van der Waals surface area contributed by atoms with E-state index in [-0.39, 0.29) is 11.8 Å². The molecule has 2 saturated heterocycles. The highest BCUT2D eigenvalue weighted by Gasteiger charge is 2.30. The Bertz CT molecular complexity index is 380. The van der Waals surface area contributed by atoms with E-state index in [1.54, 1.807) is 0 Å². The van der Waals surface area contributed by atoms with Gasteiger partial charge in [0.15, 0.2) is 0 Å². The summed E-state index contributed by atoms with van der Waals surface area (Å²) in [6, 6.07) is 0.227. The zero-order chi connectivity index (χ0) is 14.4. The summed E-state index contributed by atoms with van der Waals surface area (Å²) in [5.74, 6) is 0.281. The molecule has 0 radical (unpaired) electrons. The van der Waals surface area contributed by atoms with Gasteiger partial charge in [0.1, 0.15) is 0 Å². The van der Waals surface area contributed by atoms with Gasteiger partial charge in [0.25, 0.3) is 0 Å². The molecule has 2 rings (SSSR count). The quantitative estimate of drug-likeness (QED) is 0.819. The molecule has 20 heavy (non-hydrogen) atoms. The van der Waals surface area contributed by atoms with Gasteiger partial charge in [-0.05, 0) is 19.3 Å². The lowest BCUT2D eigenvalue weighted by Crippen LogP contribution is -2.47. The van der Waals surface area contributed by atoms with Gasteiger partial charge in [0.05, 0.1) is 5.75 Å². The Hall–Kier alpha value is -0.170. The van der Waals surface area contributed by atoms with Crippen molar-refractivity contribution in [3.8, 4) is 0 Å². The zero-order valence-electron chi connectivity index (χ0n) is 12.7. The van der Waals surface area contributed by atoms with Gasteiger partial charge < -0.3 is 5.32 Å². The largest absolute Gasteiger partial charge is 0.314 e. The van der Waals surface area contributed by atoms with Crippen LogP contribution in [0.5, 0.6) is 0 Å². The third kappa shape index (κ3) is 4.41. The van der Waals surface area contributed by atoms with Gasteiger partial charge in [-0.2, -0.15) is 4.31 Å². The van der Waals surface area contributed by atoms with E-state index in [0.717, 1.165) is 52.0 Å². The van der Waals surface area contributed by atoms with Crippen molar-refractivity contribution in [2.24, 2.45) is 0 Å². The Morgan fingerprint density at radius 3 is 2.55 bits per heavy atom. The molecule has 0 amide bonds. The van der Waals surface area contributed by atoms with Crippen LogP contribution in [-0.2, 0) is 10.0 Å². The van der Waals surface area contributed by atoms with Gasteiger partial charge in [-0.3, -0.25) is 4.90 Å². The van der Waals surface area contributed by atoms with Gasteiger partial charge in [-0.15, -0.1) is 0 Å². The first-order valence-corrected chi connectivity index (χ1v) is 9.67. The van der Waals surface area contributed by atoms with Crippen LogP contribution < -0.4 is 5.32 Å². The Labute approximate surface area is 123 Å². The fraction of sp³-hybridized carbons (Fsp3) is 1.00. The lowest BCUT2D eigenvalue weighted by molar-refractivity contribution is 0.250. The van der Waals surface area contributed by atoms with E-state index < -0.39 is 10.0 Å². The summed E-state index contributed by atoms with van der Waals surface area (Å²) in [5.41, 5.74) is 0. The molecule has 0 spiro atoms. The van der Waals surface area contributed by atoms with Crippen molar-refractivity contribution in [2.45, 2.75) is 45.1 Å². The molecule has 0 aliphatic carbocycles. The second-order valence-electron chi connectivity index (χ2n) is 5.93. The van der Waals surface area contributed by atoms with Gasteiger partial charge in [-0.1, -0.05) is 19.8 Å². The molecule has 0 aromatic carbocycles. The summed E-state index contributed by atoms with van der Waals surface area (Å²) < 4.78 is 27.1. The minimum absolute atomic E-state index is 0.227. The molecule has 1 atom stereocenters. The molecule has 0 bridgehead atoms. The molecule has 118 valence electrons. The van der Waals surface area contributed by atoms with Crippen molar-refractivity contribution < 1.29 is 8.42 Å². The summed E-state index contributed by atoms with van der Waals surface area (Å²) >= 11 is 0. The van der Waals surface area contributed by atoms with E-state index in [9.17, 15) is 8.42 Å². The Morgan fingerprint density at radius 2 is 1.85 bits per heavy atom. The maximum absolute atomic E-state index is 12.6. The van der Waals surface area contributed by atoms with E-state index in [1.807, 2.05) is 4.31 Å². The number of hydrogen-bond acceptors (Lipinski definition) is 4. The second-order valence-corrected chi connectivity index (χ2v) is 7.97. The molecule has 0 saturated carbocycles. The topological polar surface area (TPSA) is 52.7 Å². The highest BCUT2D eigenvalue weighted by molar-refractivity contribution is 7.89. The van der Waals surface area contributed by atoms with Crippen molar-refractivity contribution in [1.82, 2.24) is 14.5 Å². The van der Waals surface area contributed by atoms with Gasteiger partial charge in [-0.25, -0.2) is 8.42 Å². The average Bonchev–Trinajstić information content (AvgIpc) is 2.72. The third-order valence-corrected chi connectivity index (χ3v) is 6.42. The SMILES string of the molecule is CCC1CCCCCN1S(=O)(=O)CCN1CCNCC1. The highest BCUT2D eigenvalue weighted by Crippen LogP contribution is 2.22. The molecule has 2 fully saturated rings. The van der Waals surface area contributed by atoms with Gasteiger partial charge in [0, 0.05) is 45.3 Å². The summed E-state index contributed by atoms with van der Waals surface area (Å²) in [5, 5.41) is 3.30. The molecule has 0 aromatic rings. The lowest BCUT2D eigenvalue weighted by atomic mass is 10.1. The van der Waals surface area contributed by atoms with Crippen LogP contribution in [0, 0.1) is 0 Å². The Morgan fingerprint density at radius 1 is 1.10 bits per heavy atom. The first-order valence-electron chi connectivity index (χ1n) is 8.06. The van der Waals surface area contributed by atoms with Crippen molar-refractivity contribution in [3.63, 3.8) is 0 Å². The van der Waals surface area contributed by atoms with Crippen molar-refractivity contribution in [1.29, 1.82) is 0 Å². The number of hydrogen-bond donors (Lipinski definition) is 1. The molecule has 2 aliphatic rings. The van der Waals surface area contributed by atoms with E-state index >= 15 is 0 Å². The monoisotopic (exact) mass is 303 g/mol. The number of rotatable bonds is 5. The van der Waals surface area contributed by atoms with Crippen LogP contribution in [0.1, 0.15) is 39.0 Å². The minimum atomic E-state index is -3.10. The molecule has 6 heteroatoms. The van der Waals surface area contributed by atoms with Gasteiger partial charge >= 0.3 is 0 Å². The van der Waals surface area contributed by atoms with Crippen molar-refractivity contribution >= 4 is 10.0 Å². The van der Waals surface area contributed by atoms with Crippen LogP contribution in [-0.4, -0.2) is 68.7 Å². The summed E-state index contributed by atoms with van der Waals surface area (Å²) in [6.45, 7) is 7.39. The first-order chi connectivity index (χ1) is 9.63. The number of sulfonamides is 1. The average molecular weight is 303 g/mol. The molecule has 1 N–H and O–H groups in total. The minimum Gasteiger partial charge on any atom is -0.314 e. The molecule has 0 aromatic heterocycles. The molecule has 2 aliphatic heterocycles. The van der Waals surface area contributed by atoms with Gasteiger partial charge in [0.2, 0.25) is 10.0 Å². The Balaban J connectivity index is 1.92. The number of piperazine rings is 1. The van der Waals surface area contributed by atoms with Crippen molar-refractivity contribution in [3.05, 3.63) is 0 Å². The van der Waals surface area contributed by atoms with Crippen molar-refractivity contribution in [2.75, 3.05) is 45.0 Å². The van der Waals surface area contributed by atoms with Crippen LogP contribution in [0.2, 0.25) is 0 Å². The highest BCUT2D eigenvalue weighted by atomic mass is 32.2. The predicted octanol–water partition coefficient (Wildman–Crippen LogP) is 0.876. The van der Waals surface area contributed by atoms with Crippen LogP contribution in [0.3, 0.4) is 0 Å². The Kier molecular flexibility index (Phi) is 6.26. The fourth-order valence-corrected chi connectivity index (χ4v) is 5.06. The van der Waals surface area contributed by atoms with Crippen LogP contribution >= 0.6 is 0 Å². The third-order valence-electron chi connectivity index (χ3n) is 4.53. The lowest BCUT2D eigenvalue weighted by Gasteiger charge is -2.31. The first kappa shape index (κ1) is 16.2. The van der Waals surface area contributed by atoms with E-state index in [2.05, 4.69) is 17.1 Å². The second kappa shape index (κ2) is 7.73. The number of nitrogens with one attached hydrogen (secondary N) is 1. The van der Waals surface area contributed by atoms with Crippen LogP contribution in [0.4, 0.5) is 0 Å². The molecular formula is C14H29N3O2S. The van der Waals surface area contributed by atoms with Crippen LogP contribution in [0.15, 0.2) is 0 Å². The van der Waals surface area contributed by atoms with E-state index in [4.69, 9.17) is 0 Å². The van der Waals surface area contributed by atoms with Crippen LogP contribution in [0.25, 0.3) is 0 Å². The molecule has 1 unspecified atom stereocenters. The van der Waals surface area contributed by atoms with E-state index in [1.165, 1.54) is 12.8 Å². The summed E-state index contributed by atoms with van der Waals surface area (Å²) in [6.07, 6.45) is 5.32. The smallest absolute Gasteiger partial charge is 0.215 e. The zero-order valence-corrected chi connectivity index (χ0v) is 13.5. The molecule has 2 heterocycles. The fourth-order valence-electron chi connectivity index (χ4n) is 3.22. The standard InChI is InChI=1S/C14H29N3O2S/c1-2-14-6-4-3-5-9-17(14)20(18,19)13-12-16-10-7-15-8-11-16/h14-15H,2-13H2,1H3. The maximum Gasteiger partial charge on any atom is 0.215 e. The van der Waals surface area contributed by atoms with E-state index in [0.29, 0.717) is 6.54 Å². The molecule has 5 nitrogen and oxygen atoms in total. The normalized spacial score (nSPS) is 27.4. The number of nitrogens with zero attached hydrogens (tertiary/aromatic N) is 2. The summed E-state index contributed by atoms with van der Waals surface area (Å²) in [4.78, 5) is 2.26. The molecular weight excluding hydrogens is 274 g/mol. The maximum atomic E-state index is 12.6.